The van der Waals surface area contributed by atoms with Crippen LogP contribution in [0.3, 0.4) is 0 Å². The Labute approximate surface area is 452 Å². The van der Waals surface area contributed by atoms with Crippen LogP contribution in [0.5, 0.6) is 0 Å². The second-order valence-electron chi connectivity index (χ2n) is 23.5. The molecule has 11 aromatic rings. The van der Waals surface area contributed by atoms with Crippen LogP contribution in [-0.2, 0) is 16.2 Å². The zero-order chi connectivity index (χ0) is 52.0. The maximum Gasteiger partial charge on any atom is 0.0502 e. The van der Waals surface area contributed by atoms with E-state index in [-0.39, 0.29) is 16.2 Å². The van der Waals surface area contributed by atoms with Crippen molar-refractivity contribution in [2.75, 3.05) is 9.80 Å². The predicted molar refractivity (Wildman–Crippen MR) is 327 cm³/mol. The molecule has 0 amide bonds. The molecule has 2 aliphatic heterocycles. The number of hydrogen-bond acceptors (Lipinski definition) is 2. The number of benzene rings is 11. The molecule has 0 N–H and O–H groups in total. The molecule has 0 aromatic heterocycles. The summed E-state index contributed by atoms with van der Waals surface area (Å²) in [5.41, 5.74) is 25.2. The zero-order valence-corrected chi connectivity index (χ0v) is 44.7. The third-order valence-electron chi connectivity index (χ3n) is 18.3. The molecule has 0 saturated heterocycles. The Bertz CT molecular complexity index is 4340. The van der Waals surface area contributed by atoms with Crippen molar-refractivity contribution in [1.82, 2.24) is 0 Å². The second-order valence-corrected chi connectivity index (χ2v) is 23.5. The fourth-order valence-corrected chi connectivity index (χ4v) is 14.5. The van der Waals surface area contributed by atoms with Crippen molar-refractivity contribution >= 4 is 60.8 Å². The van der Waals surface area contributed by atoms with E-state index in [1.165, 1.54) is 139 Å². The lowest BCUT2D eigenvalue weighted by atomic mass is 9.70. The lowest BCUT2D eigenvalue weighted by molar-refractivity contribution is 0.571. The van der Waals surface area contributed by atoms with Crippen LogP contribution in [0.4, 0.5) is 28.4 Å². The SMILES string of the molecule is CC1(C)C2=C(C=CCC2)N(c2ccc3c(-c4ccc5ccccc5c4)c4cc(N5c6ccccc6C(C)(C)c6ccccc65)ccc4c(-c4ccccc4-c4ccc5c(c4)C(C)(C)c4ccccc4-5)c3c2)c2ccccc21. The van der Waals surface area contributed by atoms with Gasteiger partial charge in [0.05, 0.1) is 17.1 Å². The van der Waals surface area contributed by atoms with Crippen molar-refractivity contribution in [2.24, 2.45) is 0 Å². The number of fused-ring (bicyclic) bond motifs is 9. The molecule has 0 spiro atoms. The summed E-state index contributed by atoms with van der Waals surface area (Å²) in [6.45, 7) is 14.4. The third kappa shape index (κ3) is 6.61. The quantitative estimate of drug-likeness (QED) is 0.159. The van der Waals surface area contributed by atoms with Gasteiger partial charge in [0.25, 0.3) is 0 Å². The van der Waals surface area contributed by atoms with E-state index >= 15 is 0 Å². The lowest BCUT2D eigenvalue weighted by Crippen LogP contribution is -2.34. The first kappa shape index (κ1) is 45.7. The van der Waals surface area contributed by atoms with E-state index in [0.29, 0.717) is 0 Å². The van der Waals surface area contributed by atoms with E-state index in [4.69, 9.17) is 0 Å². The minimum Gasteiger partial charge on any atom is -0.310 e. The fourth-order valence-electron chi connectivity index (χ4n) is 14.5. The highest BCUT2D eigenvalue weighted by atomic mass is 15.2. The van der Waals surface area contributed by atoms with Crippen LogP contribution in [0.2, 0.25) is 0 Å². The molecule has 2 nitrogen and oxygen atoms in total. The number of anilines is 5. The van der Waals surface area contributed by atoms with E-state index in [2.05, 4.69) is 282 Å². The fraction of sp³-hybridized carbons (Fsp3) is 0.147. The van der Waals surface area contributed by atoms with Crippen molar-refractivity contribution in [1.29, 1.82) is 0 Å². The standard InChI is InChI=1S/C75H60N2/c1-73(2)61-26-12-11-24-54(61)55-40-37-49(44-66(55)73)53-23-9-10-25-56(53)72-58-42-39-51(76-67-31-17-13-27-62(67)74(3,4)63-28-14-18-32-68(63)76)45-59(58)71(50-36-35-47-21-7-8-22-48(47)43-50)57-41-38-52(46-60(57)72)77-69-33-19-15-29-64(69)75(5,6)65-30-16-20-34-70(65)77/h7-15,17-29,31-46H,16,30H2,1-6H3. The van der Waals surface area contributed by atoms with Crippen molar-refractivity contribution in [3.63, 3.8) is 0 Å². The normalized spacial score (nSPS) is 16.2. The van der Waals surface area contributed by atoms with Crippen molar-refractivity contribution in [3.05, 3.63) is 270 Å². The zero-order valence-electron chi connectivity index (χ0n) is 44.7. The summed E-state index contributed by atoms with van der Waals surface area (Å²) in [4.78, 5) is 5.08. The summed E-state index contributed by atoms with van der Waals surface area (Å²) in [5.74, 6) is 0. The molecule has 4 aliphatic rings. The molecule has 0 atom stereocenters. The topological polar surface area (TPSA) is 6.48 Å². The van der Waals surface area contributed by atoms with Gasteiger partial charge in [0.1, 0.15) is 0 Å². The number of nitrogens with zero attached hydrogens (tertiary/aromatic N) is 2. The Morgan fingerprint density at radius 1 is 0.338 bits per heavy atom. The minimum absolute atomic E-state index is 0.0950. The molecule has 15 rings (SSSR count). The van der Waals surface area contributed by atoms with Gasteiger partial charge in [-0.3, -0.25) is 0 Å². The molecule has 0 fully saturated rings. The maximum atomic E-state index is 2.57. The number of allylic oxidation sites excluding steroid dienone is 3. The Balaban J connectivity index is 1.06. The number of para-hydroxylation sites is 3. The van der Waals surface area contributed by atoms with Crippen LogP contribution in [0.15, 0.2) is 242 Å². The monoisotopic (exact) mass is 988 g/mol. The molecule has 11 aromatic carbocycles. The van der Waals surface area contributed by atoms with Gasteiger partial charge >= 0.3 is 0 Å². The van der Waals surface area contributed by atoms with Gasteiger partial charge in [0.2, 0.25) is 0 Å². The molecule has 0 radical (unpaired) electrons. The van der Waals surface area contributed by atoms with Crippen molar-refractivity contribution < 1.29 is 0 Å². The van der Waals surface area contributed by atoms with Gasteiger partial charge < -0.3 is 9.80 Å². The van der Waals surface area contributed by atoms with E-state index in [1.54, 1.807) is 0 Å². The lowest BCUT2D eigenvalue weighted by Gasteiger charge is -2.44. The first-order chi connectivity index (χ1) is 37.5. The van der Waals surface area contributed by atoms with E-state index in [0.717, 1.165) is 18.5 Å². The average Bonchev–Trinajstić information content (AvgIpc) is 3.87. The predicted octanol–water partition coefficient (Wildman–Crippen LogP) is 20.6. The molecule has 0 bridgehead atoms. The third-order valence-corrected chi connectivity index (χ3v) is 18.3. The molecule has 0 saturated carbocycles. The molecule has 0 unspecified atom stereocenters. The smallest absolute Gasteiger partial charge is 0.0502 e. The Kier molecular flexibility index (Phi) is 9.87. The van der Waals surface area contributed by atoms with Gasteiger partial charge in [-0.15, -0.1) is 0 Å². The summed E-state index contributed by atoms with van der Waals surface area (Å²) in [6, 6.07) is 83.2. The van der Waals surface area contributed by atoms with E-state index < -0.39 is 0 Å². The second kappa shape index (κ2) is 16.6. The highest BCUT2D eigenvalue weighted by Gasteiger charge is 2.40. The molecule has 2 aliphatic carbocycles. The summed E-state index contributed by atoms with van der Waals surface area (Å²) >= 11 is 0. The van der Waals surface area contributed by atoms with Crippen LogP contribution < -0.4 is 9.80 Å². The first-order valence-electron chi connectivity index (χ1n) is 27.6. The van der Waals surface area contributed by atoms with Crippen LogP contribution in [0.1, 0.15) is 82.2 Å². The van der Waals surface area contributed by atoms with Crippen LogP contribution in [-0.4, -0.2) is 0 Å². The first-order valence-corrected chi connectivity index (χ1v) is 27.6. The summed E-state index contributed by atoms with van der Waals surface area (Å²) in [6.07, 6.45) is 6.86. The van der Waals surface area contributed by atoms with Crippen molar-refractivity contribution in [3.8, 4) is 44.5 Å². The van der Waals surface area contributed by atoms with Crippen LogP contribution >= 0.6 is 0 Å². The highest BCUT2D eigenvalue weighted by Crippen LogP contribution is 2.57. The van der Waals surface area contributed by atoms with E-state index in [1.807, 2.05) is 0 Å². The summed E-state index contributed by atoms with van der Waals surface area (Å²) < 4.78 is 0. The Morgan fingerprint density at radius 2 is 0.844 bits per heavy atom. The Morgan fingerprint density at radius 3 is 1.55 bits per heavy atom. The van der Waals surface area contributed by atoms with Gasteiger partial charge in [0.15, 0.2) is 0 Å². The molecule has 2 heterocycles. The van der Waals surface area contributed by atoms with E-state index in [9.17, 15) is 0 Å². The molecular formula is C75H60N2. The number of hydrogen-bond donors (Lipinski definition) is 0. The molecular weight excluding hydrogens is 929 g/mol. The summed E-state index contributed by atoms with van der Waals surface area (Å²) in [5, 5.41) is 7.36. The van der Waals surface area contributed by atoms with Gasteiger partial charge in [-0.05, 0) is 184 Å². The summed E-state index contributed by atoms with van der Waals surface area (Å²) in [7, 11) is 0. The van der Waals surface area contributed by atoms with Gasteiger partial charge in [-0.1, -0.05) is 211 Å². The van der Waals surface area contributed by atoms with Gasteiger partial charge in [-0.25, -0.2) is 0 Å². The highest BCUT2D eigenvalue weighted by molar-refractivity contribution is 6.24. The van der Waals surface area contributed by atoms with Crippen LogP contribution in [0.25, 0.3) is 76.8 Å². The molecule has 2 heteroatoms. The Hall–Kier alpha value is -8.72. The molecule has 77 heavy (non-hydrogen) atoms. The van der Waals surface area contributed by atoms with Crippen molar-refractivity contribution in [2.45, 2.75) is 70.6 Å². The molecule has 370 valence electrons. The van der Waals surface area contributed by atoms with Crippen LogP contribution in [0, 0.1) is 0 Å². The maximum absolute atomic E-state index is 2.57. The number of rotatable bonds is 5. The largest absolute Gasteiger partial charge is 0.310 e. The van der Waals surface area contributed by atoms with Gasteiger partial charge in [-0.2, -0.15) is 0 Å². The van der Waals surface area contributed by atoms with Gasteiger partial charge in [0, 0.05) is 33.3 Å². The minimum atomic E-state index is -0.175. The average molecular weight is 989 g/mol.